The normalized spacial score (nSPS) is 24.1. The lowest BCUT2D eigenvalue weighted by atomic mass is 9.89. The van der Waals surface area contributed by atoms with Gasteiger partial charge in [-0.05, 0) is 24.1 Å². The first-order valence-electron chi connectivity index (χ1n) is 9.72. The van der Waals surface area contributed by atoms with Gasteiger partial charge in [0, 0.05) is 50.3 Å². The molecule has 3 heterocycles. The van der Waals surface area contributed by atoms with E-state index in [0.29, 0.717) is 31.0 Å². The fourth-order valence-electron chi connectivity index (χ4n) is 4.57. The SMILES string of the molecule is CCCC(=O)N1C[C@@H]2CN(C(=O)c3cccnc3)C[C@@H]2[C@H]1c1ccccc1. The van der Waals surface area contributed by atoms with Gasteiger partial charge >= 0.3 is 0 Å². The molecule has 5 nitrogen and oxygen atoms in total. The average Bonchev–Trinajstić information content (AvgIpc) is 3.27. The van der Waals surface area contributed by atoms with Gasteiger partial charge in [-0.25, -0.2) is 0 Å². The molecule has 2 amide bonds. The van der Waals surface area contributed by atoms with Crippen molar-refractivity contribution < 1.29 is 9.59 Å². The third kappa shape index (κ3) is 3.34. The molecule has 0 aliphatic carbocycles. The predicted octanol–water partition coefficient (Wildman–Crippen LogP) is 3.15. The van der Waals surface area contributed by atoms with E-state index in [1.165, 1.54) is 5.56 Å². The number of amides is 2. The molecule has 1 aromatic carbocycles. The summed E-state index contributed by atoms with van der Waals surface area (Å²) in [7, 11) is 0. The zero-order valence-corrected chi connectivity index (χ0v) is 15.6. The van der Waals surface area contributed by atoms with Crippen LogP contribution in [0.3, 0.4) is 0 Å². The van der Waals surface area contributed by atoms with E-state index in [4.69, 9.17) is 0 Å². The van der Waals surface area contributed by atoms with E-state index in [9.17, 15) is 9.59 Å². The van der Waals surface area contributed by atoms with Crippen LogP contribution < -0.4 is 0 Å². The van der Waals surface area contributed by atoms with Gasteiger partial charge in [0.25, 0.3) is 5.91 Å². The second-order valence-corrected chi connectivity index (χ2v) is 7.53. The van der Waals surface area contributed by atoms with Crippen molar-refractivity contribution in [1.29, 1.82) is 0 Å². The Morgan fingerprint density at radius 1 is 1.07 bits per heavy atom. The van der Waals surface area contributed by atoms with E-state index in [1.54, 1.807) is 18.5 Å². The summed E-state index contributed by atoms with van der Waals surface area (Å²) in [6.45, 7) is 4.17. The molecule has 0 unspecified atom stereocenters. The van der Waals surface area contributed by atoms with Crippen molar-refractivity contribution in [2.24, 2.45) is 11.8 Å². The minimum Gasteiger partial charge on any atom is -0.338 e. The number of carbonyl (C=O) groups is 2. The van der Waals surface area contributed by atoms with Gasteiger partial charge in [0.1, 0.15) is 0 Å². The number of benzene rings is 1. The van der Waals surface area contributed by atoms with Gasteiger partial charge in [-0.3, -0.25) is 14.6 Å². The average molecular weight is 363 g/mol. The quantitative estimate of drug-likeness (QED) is 0.838. The van der Waals surface area contributed by atoms with Crippen molar-refractivity contribution in [1.82, 2.24) is 14.8 Å². The van der Waals surface area contributed by atoms with Crippen LogP contribution in [0, 0.1) is 11.8 Å². The minimum absolute atomic E-state index is 0.0377. The lowest BCUT2D eigenvalue weighted by Gasteiger charge is -2.30. The van der Waals surface area contributed by atoms with Gasteiger partial charge in [0.2, 0.25) is 5.91 Å². The molecule has 4 rings (SSSR count). The highest BCUT2D eigenvalue weighted by molar-refractivity contribution is 5.94. The molecule has 1 aromatic heterocycles. The lowest BCUT2D eigenvalue weighted by molar-refractivity contribution is -0.132. The summed E-state index contributed by atoms with van der Waals surface area (Å²) < 4.78 is 0. The Morgan fingerprint density at radius 2 is 1.89 bits per heavy atom. The zero-order chi connectivity index (χ0) is 18.8. The number of nitrogens with zero attached hydrogens (tertiary/aromatic N) is 3. The summed E-state index contributed by atoms with van der Waals surface area (Å²) in [5, 5.41) is 0. The van der Waals surface area contributed by atoms with Crippen LogP contribution >= 0.6 is 0 Å². The van der Waals surface area contributed by atoms with Crippen molar-refractivity contribution in [3.05, 3.63) is 66.0 Å². The topological polar surface area (TPSA) is 53.5 Å². The molecule has 2 aliphatic rings. The summed E-state index contributed by atoms with van der Waals surface area (Å²) in [6, 6.07) is 13.9. The van der Waals surface area contributed by atoms with Crippen LogP contribution in [0.2, 0.25) is 0 Å². The van der Waals surface area contributed by atoms with Crippen LogP contribution in [-0.2, 0) is 4.79 Å². The Kier molecular flexibility index (Phi) is 4.92. The van der Waals surface area contributed by atoms with E-state index in [0.717, 1.165) is 13.0 Å². The number of hydrogen-bond donors (Lipinski definition) is 0. The molecule has 140 valence electrons. The molecule has 0 radical (unpaired) electrons. The number of carbonyl (C=O) groups excluding carboxylic acids is 2. The Bertz CT molecular complexity index is 809. The van der Waals surface area contributed by atoms with Crippen LogP contribution in [0.5, 0.6) is 0 Å². The summed E-state index contributed by atoms with van der Waals surface area (Å²) in [5.74, 6) is 0.882. The molecule has 0 spiro atoms. The van der Waals surface area contributed by atoms with Gasteiger partial charge in [-0.2, -0.15) is 0 Å². The van der Waals surface area contributed by atoms with Crippen molar-refractivity contribution >= 4 is 11.8 Å². The van der Waals surface area contributed by atoms with E-state index in [2.05, 4.69) is 22.0 Å². The van der Waals surface area contributed by atoms with Gasteiger partial charge in [-0.1, -0.05) is 37.3 Å². The minimum atomic E-state index is 0.0377. The third-order valence-electron chi connectivity index (χ3n) is 5.79. The van der Waals surface area contributed by atoms with Gasteiger partial charge in [0.05, 0.1) is 11.6 Å². The van der Waals surface area contributed by atoms with Crippen molar-refractivity contribution in [3.63, 3.8) is 0 Å². The van der Waals surface area contributed by atoms with Crippen molar-refractivity contribution in [3.8, 4) is 0 Å². The van der Waals surface area contributed by atoms with Crippen molar-refractivity contribution in [2.45, 2.75) is 25.8 Å². The first-order chi connectivity index (χ1) is 13.2. The zero-order valence-electron chi connectivity index (χ0n) is 15.6. The summed E-state index contributed by atoms with van der Waals surface area (Å²) >= 11 is 0. The van der Waals surface area contributed by atoms with Crippen LogP contribution in [0.15, 0.2) is 54.9 Å². The monoisotopic (exact) mass is 363 g/mol. The number of likely N-dealkylation sites (tertiary alicyclic amines) is 2. The maximum atomic E-state index is 12.8. The van der Waals surface area contributed by atoms with Crippen LogP contribution in [0.25, 0.3) is 0 Å². The molecular formula is C22H25N3O2. The first-order valence-corrected chi connectivity index (χ1v) is 9.72. The first kappa shape index (κ1) is 17.7. The Morgan fingerprint density at radius 3 is 2.59 bits per heavy atom. The second-order valence-electron chi connectivity index (χ2n) is 7.53. The van der Waals surface area contributed by atoms with Gasteiger partial charge in [0.15, 0.2) is 0 Å². The molecule has 0 bridgehead atoms. The number of fused-ring (bicyclic) bond motifs is 1. The molecular weight excluding hydrogens is 338 g/mol. The Hall–Kier alpha value is -2.69. The maximum Gasteiger partial charge on any atom is 0.255 e. The molecule has 2 aliphatic heterocycles. The molecule has 5 heteroatoms. The van der Waals surface area contributed by atoms with Crippen LogP contribution in [0.1, 0.15) is 41.7 Å². The van der Waals surface area contributed by atoms with Gasteiger partial charge in [-0.15, -0.1) is 0 Å². The maximum absolute atomic E-state index is 12.8. The predicted molar refractivity (Wildman–Crippen MR) is 103 cm³/mol. The smallest absolute Gasteiger partial charge is 0.255 e. The summed E-state index contributed by atoms with van der Waals surface area (Å²) in [5.41, 5.74) is 1.80. The number of rotatable bonds is 4. The molecule has 0 saturated carbocycles. The van der Waals surface area contributed by atoms with Crippen LogP contribution in [-0.4, -0.2) is 46.2 Å². The molecule has 0 N–H and O–H groups in total. The van der Waals surface area contributed by atoms with Crippen molar-refractivity contribution in [2.75, 3.05) is 19.6 Å². The summed E-state index contributed by atoms with van der Waals surface area (Å²) in [6.07, 6.45) is 4.75. The molecule has 3 atom stereocenters. The molecule has 27 heavy (non-hydrogen) atoms. The van der Waals surface area contributed by atoms with Crippen LogP contribution in [0.4, 0.5) is 0 Å². The summed E-state index contributed by atoms with van der Waals surface area (Å²) in [4.78, 5) is 33.6. The number of pyridine rings is 1. The number of aromatic nitrogens is 1. The highest BCUT2D eigenvalue weighted by Crippen LogP contribution is 2.45. The Balaban J connectivity index is 1.58. The number of hydrogen-bond acceptors (Lipinski definition) is 3. The largest absolute Gasteiger partial charge is 0.338 e. The van der Waals surface area contributed by atoms with E-state index in [1.807, 2.05) is 36.1 Å². The fourth-order valence-corrected chi connectivity index (χ4v) is 4.57. The molecule has 2 saturated heterocycles. The highest BCUT2D eigenvalue weighted by Gasteiger charge is 2.49. The van der Waals surface area contributed by atoms with E-state index >= 15 is 0 Å². The standard InChI is InChI=1S/C22H25N3O2/c1-2-7-20(26)25-14-18-13-24(22(27)17-10-6-11-23-12-17)15-19(18)21(25)16-8-4-3-5-9-16/h3-6,8-12,18-19,21H,2,7,13-15H2,1H3/t18-,19-,21+/m0/s1. The van der Waals surface area contributed by atoms with E-state index < -0.39 is 0 Å². The molecule has 2 fully saturated rings. The third-order valence-corrected chi connectivity index (χ3v) is 5.79. The fraction of sp³-hybridized carbons (Fsp3) is 0.409. The lowest BCUT2D eigenvalue weighted by Crippen LogP contribution is -2.37. The molecule has 2 aromatic rings. The van der Waals surface area contributed by atoms with E-state index in [-0.39, 0.29) is 23.8 Å². The second kappa shape index (κ2) is 7.51. The highest BCUT2D eigenvalue weighted by atomic mass is 16.2. The van der Waals surface area contributed by atoms with Gasteiger partial charge < -0.3 is 9.80 Å². The Labute approximate surface area is 160 Å².